The first-order valence-corrected chi connectivity index (χ1v) is 5.59. The van der Waals surface area contributed by atoms with Gasteiger partial charge in [-0.05, 0) is 34.1 Å². The summed E-state index contributed by atoms with van der Waals surface area (Å²) in [5.74, 6) is 0.245. The molecule has 70 valence electrons. The predicted octanol–water partition coefficient (Wildman–Crippen LogP) is 3.44. The number of nitrogens with zero attached hydrogens (tertiary/aromatic N) is 1. The lowest BCUT2D eigenvalue weighted by molar-refractivity contribution is 0.476. The number of fused-ring (bicyclic) bond motifs is 1. The number of thiophene rings is 1. The maximum Gasteiger partial charge on any atom is 0.118 e. The van der Waals surface area contributed by atoms with E-state index in [2.05, 4.69) is 22.0 Å². The number of phenolic OH excluding ortho intramolecular Hbond substituents is 1. The van der Waals surface area contributed by atoms with Crippen LogP contribution in [0, 0.1) is 11.3 Å². The summed E-state index contributed by atoms with van der Waals surface area (Å²) in [6.07, 6.45) is 0.423. The van der Waals surface area contributed by atoms with Gasteiger partial charge < -0.3 is 5.11 Å². The van der Waals surface area contributed by atoms with Crippen LogP contribution >= 0.6 is 27.3 Å². The molecule has 0 fully saturated rings. The van der Waals surface area contributed by atoms with E-state index in [1.54, 1.807) is 12.1 Å². The molecule has 2 nitrogen and oxygen atoms in total. The number of aromatic hydroxyl groups is 1. The molecule has 2 rings (SSSR count). The number of hydrogen-bond acceptors (Lipinski definition) is 3. The van der Waals surface area contributed by atoms with Gasteiger partial charge in [0.1, 0.15) is 5.75 Å². The molecule has 4 heteroatoms. The average molecular weight is 268 g/mol. The lowest BCUT2D eigenvalue weighted by Crippen LogP contribution is -1.69. The summed E-state index contributed by atoms with van der Waals surface area (Å²) < 4.78 is 1.87. The molecule has 1 heterocycles. The Kier molecular flexibility index (Phi) is 2.44. The van der Waals surface area contributed by atoms with Crippen molar-refractivity contribution < 1.29 is 5.11 Å². The zero-order valence-corrected chi connectivity index (χ0v) is 9.52. The van der Waals surface area contributed by atoms with E-state index in [1.807, 2.05) is 6.07 Å². The third kappa shape index (κ3) is 1.61. The van der Waals surface area contributed by atoms with Crippen molar-refractivity contribution in [3.63, 3.8) is 0 Å². The Morgan fingerprint density at radius 2 is 2.21 bits per heavy atom. The number of halogens is 1. The van der Waals surface area contributed by atoms with E-state index in [9.17, 15) is 5.11 Å². The van der Waals surface area contributed by atoms with Crippen LogP contribution in [-0.2, 0) is 6.42 Å². The summed E-state index contributed by atoms with van der Waals surface area (Å²) in [6, 6.07) is 7.46. The summed E-state index contributed by atoms with van der Waals surface area (Å²) in [5.41, 5.74) is 0. The monoisotopic (exact) mass is 267 g/mol. The molecule has 0 amide bonds. The molecular formula is C10H6BrNOS. The van der Waals surface area contributed by atoms with Crippen molar-refractivity contribution in [2.24, 2.45) is 0 Å². The lowest BCUT2D eigenvalue weighted by atomic mass is 10.2. The normalized spacial score (nSPS) is 10.3. The van der Waals surface area contributed by atoms with Gasteiger partial charge in [-0.15, -0.1) is 11.3 Å². The fourth-order valence-electron chi connectivity index (χ4n) is 1.30. The molecule has 0 aliphatic rings. The topological polar surface area (TPSA) is 44.0 Å². The molecule has 14 heavy (non-hydrogen) atoms. The van der Waals surface area contributed by atoms with Crippen molar-refractivity contribution in [1.82, 2.24) is 0 Å². The third-order valence-corrected chi connectivity index (χ3v) is 3.61. The number of benzene rings is 1. The van der Waals surface area contributed by atoms with E-state index in [0.29, 0.717) is 6.42 Å². The molecule has 0 radical (unpaired) electrons. The van der Waals surface area contributed by atoms with Crippen molar-refractivity contribution in [3.05, 3.63) is 27.5 Å². The second-order valence-electron chi connectivity index (χ2n) is 2.89. The summed E-state index contributed by atoms with van der Waals surface area (Å²) in [5, 5.41) is 19.0. The van der Waals surface area contributed by atoms with Gasteiger partial charge in [0.15, 0.2) is 0 Å². The molecule has 0 saturated heterocycles. The first kappa shape index (κ1) is 9.50. The Morgan fingerprint density at radius 3 is 2.93 bits per heavy atom. The second kappa shape index (κ2) is 3.60. The van der Waals surface area contributed by atoms with E-state index in [0.717, 1.165) is 19.4 Å². The molecular weight excluding hydrogens is 262 g/mol. The number of phenols is 1. The SMILES string of the molecule is N#CCc1cc2c(Br)cc(O)cc2s1. The first-order valence-electron chi connectivity index (χ1n) is 3.98. The van der Waals surface area contributed by atoms with Crippen molar-refractivity contribution in [2.75, 3.05) is 0 Å². The molecule has 1 aromatic heterocycles. The minimum absolute atomic E-state index is 0.245. The van der Waals surface area contributed by atoms with Crippen molar-refractivity contribution in [3.8, 4) is 11.8 Å². The Hall–Kier alpha value is -1.05. The highest BCUT2D eigenvalue weighted by atomic mass is 79.9. The highest BCUT2D eigenvalue weighted by Gasteiger charge is 2.06. The van der Waals surface area contributed by atoms with Crippen LogP contribution in [0.25, 0.3) is 10.1 Å². The Balaban J connectivity index is 2.66. The van der Waals surface area contributed by atoms with E-state index in [1.165, 1.54) is 11.3 Å². The van der Waals surface area contributed by atoms with E-state index < -0.39 is 0 Å². The van der Waals surface area contributed by atoms with Gasteiger partial charge in [0.05, 0.1) is 12.5 Å². The smallest absolute Gasteiger partial charge is 0.118 e. The maximum absolute atomic E-state index is 9.36. The maximum atomic E-state index is 9.36. The molecule has 0 aliphatic carbocycles. The standard InChI is InChI=1S/C10H6BrNOS/c11-9-3-6(13)4-10-8(9)5-7(14-10)1-2-12/h3-5,13H,1H2. The van der Waals surface area contributed by atoms with E-state index >= 15 is 0 Å². The van der Waals surface area contributed by atoms with Gasteiger partial charge in [0, 0.05) is 19.4 Å². The minimum Gasteiger partial charge on any atom is -0.508 e. The quantitative estimate of drug-likeness (QED) is 0.861. The Labute approximate surface area is 93.5 Å². The average Bonchev–Trinajstić information content (AvgIpc) is 2.48. The molecule has 0 bridgehead atoms. The largest absolute Gasteiger partial charge is 0.508 e. The molecule has 1 N–H and O–H groups in total. The summed E-state index contributed by atoms with van der Waals surface area (Å²) >= 11 is 4.91. The Morgan fingerprint density at radius 1 is 1.43 bits per heavy atom. The van der Waals surface area contributed by atoms with Gasteiger partial charge >= 0.3 is 0 Å². The zero-order chi connectivity index (χ0) is 10.1. The molecule has 2 aromatic rings. The van der Waals surface area contributed by atoms with E-state index in [-0.39, 0.29) is 5.75 Å². The van der Waals surface area contributed by atoms with E-state index in [4.69, 9.17) is 5.26 Å². The zero-order valence-electron chi connectivity index (χ0n) is 7.12. The predicted molar refractivity (Wildman–Crippen MR) is 60.5 cm³/mol. The summed E-state index contributed by atoms with van der Waals surface area (Å²) in [6.45, 7) is 0. The molecule has 0 atom stereocenters. The van der Waals surface area contributed by atoms with Gasteiger partial charge in [-0.1, -0.05) is 0 Å². The van der Waals surface area contributed by atoms with Crippen LogP contribution in [0.5, 0.6) is 5.75 Å². The minimum atomic E-state index is 0.245. The molecule has 0 saturated carbocycles. The van der Waals surface area contributed by atoms with Crippen LogP contribution in [0.2, 0.25) is 0 Å². The number of rotatable bonds is 1. The highest BCUT2D eigenvalue weighted by Crippen LogP contribution is 2.34. The van der Waals surface area contributed by atoms with Gasteiger partial charge in [-0.25, -0.2) is 0 Å². The van der Waals surface area contributed by atoms with Crippen LogP contribution < -0.4 is 0 Å². The van der Waals surface area contributed by atoms with Gasteiger partial charge in [0.2, 0.25) is 0 Å². The van der Waals surface area contributed by atoms with Crippen molar-refractivity contribution in [2.45, 2.75) is 6.42 Å². The van der Waals surface area contributed by atoms with Crippen LogP contribution in [0.1, 0.15) is 4.88 Å². The highest BCUT2D eigenvalue weighted by molar-refractivity contribution is 9.10. The number of hydrogen-bond donors (Lipinski definition) is 1. The first-order chi connectivity index (χ1) is 6.70. The van der Waals surface area contributed by atoms with Crippen LogP contribution in [0.3, 0.4) is 0 Å². The van der Waals surface area contributed by atoms with Crippen LogP contribution in [0.4, 0.5) is 0 Å². The summed E-state index contributed by atoms with van der Waals surface area (Å²) in [4.78, 5) is 1.02. The Bertz CT molecular complexity index is 527. The van der Waals surface area contributed by atoms with Crippen molar-refractivity contribution in [1.29, 1.82) is 5.26 Å². The van der Waals surface area contributed by atoms with Crippen LogP contribution in [-0.4, -0.2) is 5.11 Å². The molecule has 1 aromatic carbocycles. The fraction of sp³-hybridized carbons (Fsp3) is 0.100. The van der Waals surface area contributed by atoms with Crippen LogP contribution in [0.15, 0.2) is 22.7 Å². The third-order valence-electron chi connectivity index (χ3n) is 1.88. The second-order valence-corrected chi connectivity index (χ2v) is 4.91. The molecule has 0 unspecified atom stereocenters. The number of nitriles is 1. The van der Waals surface area contributed by atoms with Crippen molar-refractivity contribution >= 4 is 37.4 Å². The fourth-order valence-corrected chi connectivity index (χ4v) is 3.05. The molecule has 0 spiro atoms. The van der Waals surface area contributed by atoms with Gasteiger partial charge in [0.25, 0.3) is 0 Å². The van der Waals surface area contributed by atoms with Gasteiger partial charge in [-0.3, -0.25) is 0 Å². The van der Waals surface area contributed by atoms with Gasteiger partial charge in [-0.2, -0.15) is 5.26 Å². The summed E-state index contributed by atoms with van der Waals surface area (Å²) in [7, 11) is 0. The molecule has 0 aliphatic heterocycles. The lowest BCUT2D eigenvalue weighted by Gasteiger charge is -1.94.